The number of hydrogen-bond donors (Lipinski definition) is 0. The average Bonchev–Trinajstić information content (AvgIpc) is 1.47. The van der Waals surface area contributed by atoms with Crippen LogP contribution in [0.25, 0.3) is 185 Å². The van der Waals surface area contributed by atoms with Crippen molar-refractivity contribution >= 4 is 123 Å². The van der Waals surface area contributed by atoms with Crippen molar-refractivity contribution in [2.45, 2.75) is 0 Å². The fourth-order valence-corrected chi connectivity index (χ4v) is 30.9. The fraction of sp³-hybridized carbons (Fsp3) is 0. The molecule has 12 nitrogen and oxygen atoms in total. The number of nitrogens with zero attached hydrogens (tertiary/aromatic N) is 12. The highest BCUT2D eigenvalue weighted by Crippen LogP contribution is 2.40. The van der Waals surface area contributed by atoms with Crippen LogP contribution in [0.4, 0.5) is 0 Å². The predicted octanol–water partition coefficient (Wildman–Crippen LogP) is 26.7. The fourth-order valence-electron chi connectivity index (χ4n) is 21.4. The summed E-state index contributed by atoms with van der Waals surface area (Å²) in [7, 11) is -5.36. The number of aromatic nitrogens is 12. The van der Waals surface area contributed by atoms with Gasteiger partial charge in [-0.15, -0.1) is 0 Å². The third-order valence-electron chi connectivity index (χ3n) is 28.3. The lowest BCUT2D eigenvalue weighted by molar-refractivity contribution is 0.953. The summed E-state index contributed by atoms with van der Waals surface area (Å²) in [5.74, 6) is 5.78. The Morgan fingerprint density at radius 3 is 0.624 bits per heavy atom. The zero-order valence-electron chi connectivity index (χ0n) is 81.1. The van der Waals surface area contributed by atoms with Crippen molar-refractivity contribution in [3.05, 3.63) is 570 Å². The van der Waals surface area contributed by atoms with Crippen LogP contribution in [0.15, 0.2) is 570 Å². The minimum Gasteiger partial charge on any atom is -0.309 e. The summed E-state index contributed by atoms with van der Waals surface area (Å²) >= 11 is 0. The van der Waals surface area contributed by atoms with Crippen LogP contribution in [-0.2, 0) is 0 Å². The molecule has 27 rings (SSSR count). The molecule has 149 heavy (non-hydrogen) atoms. The highest BCUT2D eigenvalue weighted by atomic mass is 28.3. The van der Waals surface area contributed by atoms with Crippen LogP contribution in [-0.4, -0.2) is 74.7 Å². The van der Waals surface area contributed by atoms with Gasteiger partial charge in [0.2, 0.25) is 5.95 Å². The zero-order valence-corrected chi connectivity index (χ0v) is 83.1. The summed E-state index contributed by atoms with van der Waals surface area (Å²) in [4.78, 5) is 44.6. The summed E-state index contributed by atoms with van der Waals surface area (Å²) in [5.41, 5.74) is 18.9. The molecule has 0 aliphatic rings. The first-order valence-corrected chi connectivity index (χ1v) is 54.2. The molecule has 0 aliphatic carbocycles. The van der Waals surface area contributed by atoms with Gasteiger partial charge in [0.25, 0.3) is 0 Å². The second kappa shape index (κ2) is 40.4. The molecular weight excluding hydrogens is 1850 g/mol. The molecular formula is C135H94N12Si2. The van der Waals surface area contributed by atoms with Gasteiger partial charge in [-0.25, -0.2) is 34.9 Å². The standard InChI is InChI=1S/2C51H36N4Si.C33H22N4/c1-6-18-38(19-7-1)49-52-50(39-20-8-2-9-21-39)54-51(53-49)55-47-29-17-16-28-45(47)46-36-40(32-35-48(46)55)37-30-33-44(34-31-37)56(41-22-10-3-11-23-41,42-24-12-4-13-25-42)43-26-14-5-15-27-43;1-6-18-37(19-7-1)49-52-50(38-20-8-2-9-21-38)54-51(53-49)39-30-32-40(33-31-39)55-47-29-17-16-28-45(47)46-35-34-44(36-48(46)55)56(41-22-10-3-11-23-41,42-24-12-4-13-25-42)43-26-14-5-15-27-43;1-3-11-23(12-4-1)31-34-32(24-13-5-2-6-14-24)36-33(35-31)25-19-21-26(22-20-25)37-29-17-9-7-15-27(29)28-16-8-10-18-30(28)37/h2*1-36H;1-22H. The maximum absolute atomic E-state index is 5.10. The number of benzene rings is 21. The summed E-state index contributed by atoms with van der Waals surface area (Å²) in [6, 6.07) is 202. The third-order valence-corrected chi connectivity index (χ3v) is 37.9. The van der Waals surface area contributed by atoms with Crippen LogP contribution >= 0.6 is 0 Å². The van der Waals surface area contributed by atoms with Gasteiger partial charge in [-0.1, -0.05) is 479 Å². The van der Waals surface area contributed by atoms with Crippen molar-refractivity contribution in [3.8, 4) is 120 Å². The van der Waals surface area contributed by atoms with Crippen molar-refractivity contribution in [3.63, 3.8) is 0 Å². The molecule has 0 spiro atoms. The van der Waals surface area contributed by atoms with Crippen LogP contribution in [0.1, 0.15) is 0 Å². The second-order valence-electron chi connectivity index (χ2n) is 37.0. The van der Waals surface area contributed by atoms with Gasteiger partial charge in [0.15, 0.2) is 62.7 Å². The van der Waals surface area contributed by atoms with Crippen LogP contribution < -0.4 is 41.5 Å². The van der Waals surface area contributed by atoms with Gasteiger partial charge >= 0.3 is 0 Å². The molecule has 0 aliphatic heterocycles. The van der Waals surface area contributed by atoms with Gasteiger partial charge in [-0.3, -0.25) is 4.57 Å². The SMILES string of the molecule is c1ccc(-c2nc(-c3ccccc3)nc(-c3ccc(-n4c5ccccc5c5ccc([Si](c6ccccc6)(c6ccccc6)c6ccccc6)cc54)cc3)n2)cc1.c1ccc(-c2nc(-c3ccccc3)nc(-c3ccc(-n4c5ccccc5c5ccccc54)cc3)n2)cc1.c1ccc(-c2nc(-c3ccccc3)nc(-n3c4ccccc4c4cc(-c5ccc([Si](c6ccccc6)(c6ccccc6)c6ccccc6)cc5)ccc43)n2)cc1. The maximum atomic E-state index is 5.10. The Morgan fingerprint density at radius 2 is 0.322 bits per heavy atom. The van der Waals surface area contributed by atoms with Crippen LogP contribution in [0.2, 0.25) is 0 Å². The first-order chi connectivity index (χ1) is 73.9. The lowest BCUT2D eigenvalue weighted by Gasteiger charge is -2.34. The molecule has 0 unspecified atom stereocenters. The molecule has 21 aromatic carbocycles. The summed E-state index contributed by atoms with van der Waals surface area (Å²) in [6.45, 7) is 0. The summed E-state index contributed by atoms with van der Waals surface area (Å²) < 4.78 is 6.90. The van der Waals surface area contributed by atoms with E-state index < -0.39 is 16.1 Å². The molecule has 702 valence electrons. The van der Waals surface area contributed by atoms with E-state index in [0.29, 0.717) is 52.5 Å². The lowest BCUT2D eigenvalue weighted by Crippen LogP contribution is -2.74. The molecule has 6 heterocycles. The number of rotatable bonds is 20. The van der Waals surface area contributed by atoms with Gasteiger partial charge in [0, 0.05) is 88.2 Å². The normalized spacial score (nSPS) is 11.5. The van der Waals surface area contributed by atoms with Gasteiger partial charge < -0.3 is 9.13 Å². The Bertz CT molecular complexity index is 9020. The molecule has 0 saturated heterocycles. The quantitative estimate of drug-likeness (QED) is 0.0541. The summed E-state index contributed by atoms with van der Waals surface area (Å²) in [6.07, 6.45) is 0. The molecule has 0 amide bonds. The molecule has 0 N–H and O–H groups in total. The van der Waals surface area contributed by atoms with Crippen molar-refractivity contribution < 1.29 is 0 Å². The first kappa shape index (κ1) is 90.7. The van der Waals surface area contributed by atoms with Gasteiger partial charge in [-0.05, 0) is 144 Å². The van der Waals surface area contributed by atoms with E-state index in [0.717, 1.165) is 88.8 Å². The molecule has 0 saturated carbocycles. The first-order valence-electron chi connectivity index (χ1n) is 50.2. The zero-order chi connectivity index (χ0) is 99.2. The predicted molar refractivity (Wildman–Crippen MR) is 619 cm³/mol. The Balaban J connectivity index is 0.000000119. The van der Waals surface area contributed by atoms with Crippen molar-refractivity contribution in [1.29, 1.82) is 0 Å². The Morgan fingerprint density at radius 1 is 0.121 bits per heavy atom. The minimum atomic E-state index is -2.75. The van der Waals surface area contributed by atoms with Gasteiger partial charge in [0.05, 0.1) is 33.1 Å². The second-order valence-corrected chi connectivity index (χ2v) is 44.6. The molecule has 14 heteroatoms. The van der Waals surface area contributed by atoms with Crippen molar-refractivity contribution in [2.24, 2.45) is 0 Å². The van der Waals surface area contributed by atoms with Crippen LogP contribution in [0.3, 0.4) is 0 Å². The largest absolute Gasteiger partial charge is 0.309 e. The smallest absolute Gasteiger partial charge is 0.238 e. The average molecular weight is 1940 g/mol. The van der Waals surface area contributed by atoms with E-state index >= 15 is 0 Å². The van der Waals surface area contributed by atoms with E-state index in [1.54, 1.807) is 0 Å². The molecule has 0 atom stereocenters. The van der Waals surface area contributed by atoms with E-state index in [-0.39, 0.29) is 0 Å². The Labute approximate surface area is 865 Å². The van der Waals surface area contributed by atoms with Gasteiger partial charge in [0.1, 0.15) is 0 Å². The van der Waals surface area contributed by atoms with E-state index in [1.807, 2.05) is 182 Å². The topological polar surface area (TPSA) is 131 Å². The van der Waals surface area contributed by atoms with Crippen molar-refractivity contribution in [2.75, 3.05) is 0 Å². The molecule has 0 radical (unpaired) electrons. The molecule has 0 bridgehead atoms. The third kappa shape index (κ3) is 17.3. The van der Waals surface area contributed by atoms with E-state index in [2.05, 4.69) is 402 Å². The number of hydrogen-bond acceptors (Lipinski definition) is 9. The lowest BCUT2D eigenvalue weighted by atomic mass is 10.0. The molecule has 0 fully saturated rings. The maximum Gasteiger partial charge on any atom is 0.238 e. The van der Waals surface area contributed by atoms with E-state index in [1.165, 1.54) is 85.2 Å². The highest BCUT2D eigenvalue weighted by molar-refractivity contribution is 7.20. The van der Waals surface area contributed by atoms with Crippen LogP contribution in [0.5, 0.6) is 0 Å². The highest BCUT2D eigenvalue weighted by Gasteiger charge is 2.43. The summed E-state index contributed by atoms with van der Waals surface area (Å²) in [5, 5.41) is 18.1. The number of para-hydroxylation sites is 4. The van der Waals surface area contributed by atoms with Crippen molar-refractivity contribution in [1.82, 2.24) is 58.6 Å². The Kier molecular flexibility index (Phi) is 24.6. The number of fused-ring (bicyclic) bond motifs is 9. The van der Waals surface area contributed by atoms with Gasteiger partial charge in [-0.2, -0.15) is 9.97 Å². The van der Waals surface area contributed by atoms with E-state index in [4.69, 9.17) is 44.9 Å². The van der Waals surface area contributed by atoms with Crippen LogP contribution in [0, 0.1) is 0 Å². The molecule has 6 aromatic heterocycles. The monoisotopic (exact) mass is 1940 g/mol. The van der Waals surface area contributed by atoms with E-state index in [9.17, 15) is 0 Å². The molecule has 27 aromatic rings. The minimum absolute atomic E-state index is 0.588. The Hall–Kier alpha value is -19.5.